The SMILES string of the molecule is CC(CNCc1cccc([N+](=O)[O-])c1C(=O)O)S(C)=O. The van der Waals surface area contributed by atoms with E-state index in [2.05, 4.69) is 5.32 Å². The molecule has 0 heterocycles. The fourth-order valence-electron chi connectivity index (χ4n) is 1.66. The molecule has 1 rings (SSSR count). The van der Waals surface area contributed by atoms with Gasteiger partial charge in [-0.15, -0.1) is 0 Å². The zero-order valence-electron chi connectivity index (χ0n) is 11.2. The van der Waals surface area contributed by atoms with E-state index in [1.807, 2.05) is 0 Å². The van der Waals surface area contributed by atoms with Crippen LogP contribution in [0.15, 0.2) is 18.2 Å². The van der Waals surface area contributed by atoms with Gasteiger partial charge < -0.3 is 10.4 Å². The number of nitrogens with zero attached hydrogens (tertiary/aromatic N) is 1. The Hall–Kier alpha value is -1.80. The summed E-state index contributed by atoms with van der Waals surface area (Å²) >= 11 is 0. The zero-order chi connectivity index (χ0) is 15.3. The Labute approximate surface area is 118 Å². The maximum atomic E-state index is 11.2. The van der Waals surface area contributed by atoms with Crippen LogP contribution in [0.3, 0.4) is 0 Å². The van der Waals surface area contributed by atoms with Gasteiger partial charge >= 0.3 is 5.97 Å². The van der Waals surface area contributed by atoms with Gasteiger partial charge in [-0.25, -0.2) is 4.79 Å². The van der Waals surface area contributed by atoms with Crippen molar-refractivity contribution in [1.82, 2.24) is 5.32 Å². The Morgan fingerprint density at radius 3 is 2.70 bits per heavy atom. The van der Waals surface area contributed by atoms with Gasteiger partial charge in [0.05, 0.1) is 4.92 Å². The molecule has 0 spiro atoms. The van der Waals surface area contributed by atoms with Crippen LogP contribution in [-0.4, -0.2) is 38.3 Å². The molecule has 0 aliphatic heterocycles. The third-order valence-electron chi connectivity index (χ3n) is 2.85. The highest BCUT2D eigenvalue weighted by atomic mass is 32.2. The lowest BCUT2D eigenvalue weighted by Crippen LogP contribution is -2.27. The summed E-state index contributed by atoms with van der Waals surface area (Å²) < 4.78 is 11.2. The van der Waals surface area contributed by atoms with Crippen molar-refractivity contribution in [1.29, 1.82) is 0 Å². The molecule has 0 amide bonds. The lowest BCUT2D eigenvalue weighted by atomic mass is 10.1. The number of carboxylic acids is 1. The Balaban J connectivity index is 2.90. The normalized spacial score (nSPS) is 13.7. The van der Waals surface area contributed by atoms with Gasteiger partial charge in [-0.05, 0) is 12.5 Å². The number of carboxylic acid groups (broad SMARTS) is 1. The van der Waals surface area contributed by atoms with Crippen LogP contribution in [0.2, 0.25) is 0 Å². The third kappa shape index (κ3) is 4.10. The van der Waals surface area contributed by atoms with Crippen LogP contribution in [0, 0.1) is 10.1 Å². The first kappa shape index (κ1) is 16.3. The van der Waals surface area contributed by atoms with E-state index in [-0.39, 0.29) is 17.4 Å². The van der Waals surface area contributed by atoms with Gasteiger partial charge in [-0.2, -0.15) is 0 Å². The van der Waals surface area contributed by atoms with Gasteiger partial charge in [0, 0.05) is 41.5 Å². The number of rotatable bonds is 7. The molecular formula is C12H16N2O5S. The second-order valence-corrected chi connectivity index (χ2v) is 6.12. The van der Waals surface area contributed by atoms with Gasteiger partial charge in [-0.1, -0.05) is 12.1 Å². The standard InChI is InChI=1S/C12H16N2O5S/c1-8(20(2)19)6-13-7-9-4-3-5-10(14(17)18)11(9)12(15)16/h3-5,8,13H,6-7H2,1-2H3,(H,15,16). The minimum Gasteiger partial charge on any atom is -0.477 e. The third-order valence-corrected chi connectivity index (χ3v) is 4.15. The number of hydrogen-bond donors (Lipinski definition) is 2. The largest absolute Gasteiger partial charge is 0.477 e. The van der Waals surface area contributed by atoms with Crippen LogP contribution in [0.4, 0.5) is 5.69 Å². The predicted octanol–water partition coefficient (Wildman–Crippen LogP) is 1.15. The summed E-state index contributed by atoms with van der Waals surface area (Å²) in [5.74, 6) is -1.33. The first-order chi connectivity index (χ1) is 9.34. The summed E-state index contributed by atoms with van der Waals surface area (Å²) in [6.07, 6.45) is 1.59. The predicted molar refractivity (Wildman–Crippen MR) is 75.3 cm³/mol. The minimum atomic E-state index is -1.33. The quantitative estimate of drug-likeness (QED) is 0.577. The number of benzene rings is 1. The topological polar surface area (TPSA) is 110 Å². The van der Waals surface area contributed by atoms with Crippen molar-refractivity contribution in [3.63, 3.8) is 0 Å². The van der Waals surface area contributed by atoms with Gasteiger partial charge in [0.1, 0.15) is 5.56 Å². The summed E-state index contributed by atoms with van der Waals surface area (Å²) in [6.45, 7) is 2.41. The van der Waals surface area contributed by atoms with Crippen molar-refractivity contribution in [2.24, 2.45) is 0 Å². The number of nitrogens with one attached hydrogen (secondary N) is 1. The van der Waals surface area contributed by atoms with E-state index in [1.54, 1.807) is 13.2 Å². The first-order valence-electron chi connectivity index (χ1n) is 5.87. The smallest absolute Gasteiger partial charge is 0.343 e. The van der Waals surface area contributed by atoms with Crippen LogP contribution in [-0.2, 0) is 17.3 Å². The van der Waals surface area contributed by atoms with E-state index in [9.17, 15) is 19.1 Å². The summed E-state index contributed by atoms with van der Waals surface area (Å²) in [5, 5.41) is 22.8. The monoisotopic (exact) mass is 300 g/mol. The number of carbonyl (C=O) groups is 1. The highest BCUT2D eigenvalue weighted by molar-refractivity contribution is 7.84. The average Bonchev–Trinajstić information content (AvgIpc) is 2.37. The second-order valence-electron chi connectivity index (χ2n) is 4.31. The number of nitro benzene ring substituents is 1. The van der Waals surface area contributed by atoms with E-state index in [0.29, 0.717) is 12.1 Å². The van der Waals surface area contributed by atoms with Crippen molar-refractivity contribution >= 4 is 22.5 Å². The summed E-state index contributed by atoms with van der Waals surface area (Å²) in [4.78, 5) is 21.3. The Morgan fingerprint density at radius 2 is 2.20 bits per heavy atom. The molecule has 0 fully saturated rings. The van der Waals surface area contributed by atoms with Gasteiger partial charge in [0.2, 0.25) is 0 Å². The molecule has 1 aromatic rings. The van der Waals surface area contributed by atoms with Gasteiger partial charge in [0.25, 0.3) is 5.69 Å². The number of nitro groups is 1. The molecule has 2 atom stereocenters. The van der Waals surface area contributed by atoms with Crippen molar-refractivity contribution in [3.8, 4) is 0 Å². The Kier molecular flexibility index (Phi) is 5.78. The molecule has 0 bridgehead atoms. The maximum absolute atomic E-state index is 11.2. The summed E-state index contributed by atoms with van der Waals surface area (Å²) in [5.41, 5.74) is -0.403. The van der Waals surface area contributed by atoms with E-state index in [0.717, 1.165) is 6.07 Å². The zero-order valence-corrected chi connectivity index (χ0v) is 12.0. The van der Waals surface area contributed by atoms with Gasteiger partial charge in [-0.3, -0.25) is 14.3 Å². The van der Waals surface area contributed by atoms with Crippen LogP contribution in [0.1, 0.15) is 22.8 Å². The van der Waals surface area contributed by atoms with Crippen molar-refractivity contribution in [2.75, 3.05) is 12.8 Å². The molecule has 20 heavy (non-hydrogen) atoms. The molecule has 1 aromatic carbocycles. The van der Waals surface area contributed by atoms with Crippen LogP contribution < -0.4 is 5.32 Å². The molecule has 0 radical (unpaired) electrons. The maximum Gasteiger partial charge on any atom is 0.343 e. The molecule has 8 heteroatoms. The molecule has 2 unspecified atom stereocenters. The van der Waals surface area contributed by atoms with Crippen LogP contribution in [0.5, 0.6) is 0 Å². The van der Waals surface area contributed by atoms with E-state index < -0.39 is 27.4 Å². The van der Waals surface area contributed by atoms with E-state index >= 15 is 0 Å². The molecule has 0 saturated heterocycles. The Morgan fingerprint density at radius 1 is 1.55 bits per heavy atom. The first-order valence-corrected chi connectivity index (χ1v) is 7.49. The highest BCUT2D eigenvalue weighted by Crippen LogP contribution is 2.22. The van der Waals surface area contributed by atoms with Crippen molar-refractivity contribution < 1.29 is 19.0 Å². The lowest BCUT2D eigenvalue weighted by Gasteiger charge is -2.11. The fourth-order valence-corrected chi connectivity index (χ4v) is 2.01. The molecule has 0 aromatic heterocycles. The molecule has 2 N–H and O–H groups in total. The lowest BCUT2D eigenvalue weighted by molar-refractivity contribution is -0.385. The molecule has 0 saturated carbocycles. The second kappa shape index (κ2) is 7.11. The van der Waals surface area contributed by atoms with E-state index in [4.69, 9.17) is 5.11 Å². The number of aromatic carboxylic acids is 1. The molecule has 0 aliphatic carbocycles. The molecule has 7 nitrogen and oxygen atoms in total. The van der Waals surface area contributed by atoms with Crippen molar-refractivity contribution in [2.45, 2.75) is 18.7 Å². The fraction of sp³-hybridized carbons (Fsp3) is 0.417. The minimum absolute atomic E-state index is 0.0815. The Bertz CT molecular complexity index is 547. The number of hydrogen-bond acceptors (Lipinski definition) is 5. The highest BCUT2D eigenvalue weighted by Gasteiger charge is 2.23. The van der Waals surface area contributed by atoms with Crippen LogP contribution >= 0.6 is 0 Å². The summed E-state index contributed by atoms with van der Waals surface area (Å²) in [6, 6.07) is 4.14. The summed E-state index contributed by atoms with van der Waals surface area (Å²) in [7, 11) is -0.981. The molecule has 0 aliphatic rings. The van der Waals surface area contributed by atoms with Crippen molar-refractivity contribution in [3.05, 3.63) is 39.4 Å². The molecule has 110 valence electrons. The van der Waals surface area contributed by atoms with Crippen LogP contribution in [0.25, 0.3) is 0 Å². The average molecular weight is 300 g/mol. The van der Waals surface area contributed by atoms with Gasteiger partial charge in [0.15, 0.2) is 0 Å². The molecular weight excluding hydrogens is 284 g/mol. The van der Waals surface area contributed by atoms with E-state index in [1.165, 1.54) is 12.1 Å².